The van der Waals surface area contributed by atoms with Crippen LogP contribution in [0.4, 0.5) is 28.4 Å². The number of carboxylic acid groups (broad SMARTS) is 1. The predicted octanol–water partition coefficient (Wildman–Crippen LogP) is 11.5. The third-order valence-electron chi connectivity index (χ3n) is 13.8. The Morgan fingerprint density at radius 1 is 0.707 bits per heavy atom. The lowest BCUT2D eigenvalue weighted by Gasteiger charge is -2.49. The van der Waals surface area contributed by atoms with Crippen LogP contribution in [0.5, 0.6) is 0 Å². The first-order chi connectivity index (χ1) is 27.3. The van der Waals surface area contributed by atoms with Gasteiger partial charge in [0.1, 0.15) is 10.9 Å². The van der Waals surface area contributed by atoms with Gasteiger partial charge in [0.05, 0.1) is 4.91 Å². The number of thioether (sulfide) groups is 1. The molecule has 0 bridgehead atoms. The largest absolute Gasteiger partial charge is 0.480 e. The number of hydrogen-bond donors (Lipinski definition) is 1. The Hall–Kier alpha value is -4.12. The third kappa shape index (κ3) is 6.58. The van der Waals surface area contributed by atoms with Crippen LogP contribution >= 0.6 is 35.3 Å². The Morgan fingerprint density at radius 3 is 1.59 bits per heavy atom. The molecule has 9 rings (SSSR count). The standard InChI is InChI=1S/C48H54N4O3S3/c1-45(2)15-19-49-20-16-46(3,4)35-24-31(23-34(45)41(35)49)52(32-25-36-42-37(26-32)48(7,8)18-22-50(42)21-17-47(36,5)6)30-11-9-29(10-12-30)38-14-13-33(57-38)27-39-43(55)51(28-40(53)54)44(56)58-39/h9-14,23-27H,15-22,28H2,1-8H3,(H,53,54). The zero-order chi connectivity index (χ0) is 41.1. The predicted molar refractivity (Wildman–Crippen MR) is 247 cm³/mol. The first-order valence-electron chi connectivity index (χ1n) is 20.7. The molecule has 1 amide bonds. The van der Waals surface area contributed by atoms with Crippen molar-refractivity contribution in [3.05, 3.63) is 92.7 Å². The highest BCUT2D eigenvalue weighted by atomic mass is 32.2. The van der Waals surface area contributed by atoms with E-state index in [9.17, 15) is 14.7 Å². The average molecular weight is 831 g/mol. The van der Waals surface area contributed by atoms with Gasteiger partial charge in [-0.2, -0.15) is 0 Å². The van der Waals surface area contributed by atoms with Crippen LogP contribution in [0.1, 0.15) is 108 Å². The molecule has 4 aromatic rings. The van der Waals surface area contributed by atoms with Crippen LogP contribution in [-0.4, -0.2) is 58.9 Å². The molecule has 5 aliphatic heterocycles. The number of anilines is 5. The second-order valence-electron chi connectivity index (χ2n) is 19.5. The first-order valence-corrected chi connectivity index (χ1v) is 22.7. The van der Waals surface area contributed by atoms with Gasteiger partial charge in [0, 0.05) is 64.4 Å². The minimum atomic E-state index is -1.08. The molecule has 10 heteroatoms. The van der Waals surface area contributed by atoms with E-state index < -0.39 is 12.5 Å². The number of rotatable bonds is 7. The van der Waals surface area contributed by atoms with Crippen LogP contribution < -0.4 is 14.7 Å². The molecule has 302 valence electrons. The van der Waals surface area contributed by atoms with Gasteiger partial charge in [-0.1, -0.05) is 91.5 Å². The van der Waals surface area contributed by atoms with Crippen molar-refractivity contribution in [2.45, 2.75) is 103 Å². The van der Waals surface area contributed by atoms with E-state index >= 15 is 0 Å². The second-order valence-corrected chi connectivity index (χ2v) is 22.3. The molecule has 7 nitrogen and oxygen atoms in total. The lowest BCUT2D eigenvalue weighted by atomic mass is 9.69. The van der Waals surface area contributed by atoms with Crippen molar-refractivity contribution in [1.29, 1.82) is 0 Å². The molecule has 1 N–H and O–H groups in total. The fraction of sp³-hybridized carbons (Fsp3) is 0.438. The van der Waals surface area contributed by atoms with E-state index in [0.717, 1.165) is 89.5 Å². The molecule has 5 aliphatic rings. The molecule has 1 saturated heterocycles. The zero-order valence-corrected chi connectivity index (χ0v) is 37.4. The van der Waals surface area contributed by atoms with Gasteiger partial charge in [-0.15, -0.1) is 11.3 Å². The van der Waals surface area contributed by atoms with E-state index in [-0.39, 0.29) is 31.9 Å². The molecule has 0 radical (unpaired) electrons. The molecule has 0 aliphatic carbocycles. The van der Waals surface area contributed by atoms with Crippen LogP contribution in [0.3, 0.4) is 0 Å². The lowest BCUT2D eigenvalue weighted by molar-refractivity contribution is -0.140. The van der Waals surface area contributed by atoms with E-state index in [0.29, 0.717) is 4.91 Å². The fourth-order valence-electron chi connectivity index (χ4n) is 9.82. The van der Waals surface area contributed by atoms with Crippen molar-refractivity contribution in [1.82, 2.24) is 4.90 Å². The van der Waals surface area contributed by atoms with Gasteiger partial charge in [0.2, 0.25) is 0 Å². The fourth-order valence-corrected chi connectivity index (χ4v) is 12.1. The van der Waals surface area contributed by atoms with E-state index in [1.165, 1.54) is 45.0 Å². The number of aliphatic carboxylic acids is 1. The lowest BCUT2D eigenvalue weighted by Crippen LogP contribution is -2.45. The summed E-state index contributed by atoms with van der Waals surface area (Å²) in [6.07, 6.45) is 6.37. The van der Waals surface area contributed by atoms with Crippen LogP contribution in [0.25, 0.3) is 16.5 Å². The molecule has 0 atom stereocenters. The summed E-state index contributed by atoms with van der Waals surface area (Å²) < 4.78 is 0.274. The molecule has 0 spiro atoms. The molecule has 1 fully saturated rings. The Labute approximate surface area is 357 Å². The minimum Gasteiger partial charge on any atom is -0.480 e. The number of nitrogens with zero attached hydrogens (tertiary/aromatic N) is 4. The average Bonchev–Trinajstić information content (AvgIpc) is 3.73. The van der Waals surface area contributed by atoms with Gasteiger partial charge in [-0.25, -0.2) is 0 Å². The zero-order valence-electron chi connectivity index (χ0n) is 35.0. The number of thiophene rings is 1. The second kappa shape index (κ2) is 13.7. The minimum absolute atomic E-state index is 0.0547. The van der Waals surface area contributed by atoms with Crippen molar-refractivity contribution in [3.63, 3.8) is 0 Å². The van der Waals surface area contributed by atoms with E-state index in [4.69, 9.17) is 12.2 Å². The summed E-state index contributed by atoms with van der Waals surface area (Å²) in [7, 11) is 0. The summed E-state index contributed by atoms with van der Waals surface area (Å²) in [6, 6.07) is 23.1. The van der Waals surface area contributed by atoms with Crippen LogP contribution in [0, 0.1) is 0 Å². The number of carboxylic acids is 1. The van der Waals surface area contributed by atoms with Crippen molar-refractivity contribution in [2.24, 2.45) is 0 Å². The number of thiocarbonyl (C=S) groups is 1. The normalized spacial score (nSPS) is 21.6. The van der Waals surface area contributed by atoms with Gasteiger partial charge in [0.15, 0.2) is 0 Å². The van der Waals surface area contributed by atoms with E-state index in [1.54, 1.807) is 11.3 Å². The number of amides is 1. The maximum atomic E-state index is 13.0. The highest BCUT2D eigenvalue weighted by Crippen LogP contribution is 2.55. The molecular formula is C48H54N4O3S3. The van der Waals surface area contributed by atoms with Crippen LogP contribution in [0.2, 0.25) is 0 Å². The monoisotopic (exact) mass is 830 g/mol. The third-order valence-corrected chi connectivity index (χ3v) is 16.2. The number of hydrogen-bond acceptors (Lipinski definition) is 8. The highest BCUT2D eigenvalue weighted by molar-refractivity contribution is 8.26. The summed E-state index contributed by atoms with van der Waals surface area (Å²) in [6.45, 7) is 23.4. The Bertz CT molecular complexity index is 2250. The topological polar surface area (TPSA) is 67.3 Å². The molecule has 0 saturated carbocycles. The maximum absolute atomic E-state index is 13.0. The molecule has 58 heavy (non-hydrogen) atoms. The molecular weight excluding hydrogens is 777 g/mol. The van der Waals surface area contributed by atoms with Crippen molar-refractivity contribution in [3.8, 4) is 10.4 Å². The van der Waals surface area contributed by atoms with Crippen LogP contribution in [-0.2, 0) is 31.2 Å². The number of carbonyl (C=O) groups is 2. The molecule has 0 unspecified atom stereocenters. The Balaban J connectivity index is 1.17. The maximum Gasteiger partial charge on any atom is 0.323 e. The summed E-state index contributed by atoms with van der Waals surface area (Å²) in [5, 5.41) is 9.26. The van der Waals surface area contributed by atoms with Crippen molar-refractivity contribution < 1.29 is 14.7 Å². The summed E-state index contributed by atoms with van der Waals surface area (Å²) >= 11 is 8.08. The molecule has 6 heterocycles. The highest BCUT2D eigenvalue weighted by Gasteiger charge is 2.43. The van der Waals surface area contributed by atoms with Gasteiger partial charge in [-0.3, -0.25) is 14.5 Å². The van der Waals surface area contributed by atoms with Crippen LogP contribution in [0.15, 0.2) is 65.6 Å². The molecule has 3 aromatic carbocycles. The van der Waals surface area contributed by atoms with Gasteiger partial charge in [-0.05, 0) is 130 Å². The van der Waals surface area contributed by atoms with Crippen molar-refractivity contribution in [2.75, 3.05) is 47.4 Å². The summed E-state index contributed by atoms with van der Waals surface area (Å²) in [5.41, 5.74) is 13.6. The molecule has 1 aromatic heterocycles. The SMILES string of the molecule is CC1(C)CCN2CCC(C)(C)c3cc(N(c4ccc(-c5ccc(C=C6SC(=S)N(CC(=O)O)C6=O)s5)cc4)c4cc5c6c(c4)C(C)(C)CCN6CCC5(C)C)cc1c32. The Kier molecular flexibility index (Phi) is 9.30. The van der Waals surface area contributed by atoms with E-state index in [2.05, 4.69) is 125 Å². The van der Waals surface area contributed by atoms with Gasteiger partial charge >= 0.3 is 5.97 Å². The number of carbonyl (C=O) groups excluding carboxylic acids is 1. The Morgan fingerprint density at radius 2 is 1.16 bits per heavy atom. The van der Waals surface area contributed by atoms with Gasteiger partial charge < -0.3 is 19.8 Å². The summed E-state index contributed by atoms with van der Waals surface area (Å²) in [5.74, 6) is -1.44. The smallest absolute Gasteiger partial charge is 0.323 e. The van der Waals surface area contributed by atoms with Gasteiger partial charge in [0.25, 0.3) is 5.91 Å². The summed E-state index contributed by atoms with van der Waals surface area (Å²) in [4.78, 5) is 35.7. The van der Waals surface area contributed by atoms with E-state index in [1.807, 2.05) is 12.1 Å². The number of benzene rings is 3. The quantitative estimate of drug-likeness (QED) is 0.146. The first kappa shape index (κ1) is 39.3. The van der Waals surface area contributed by atoms with Crippen molar-refractivity contribution >= 4 is 86.0 Å².